The summed E-state index contributed by atoms with van der Waals surface area (Å²) in [6.45, 7) is 8.03. The third kappa shape index (κ3) is 6.29. The number of benzene rings is 1. The number of hydrogen-bond donors (Lipinski definition) is 2. The van der Waals surface area contributed by atoms with E-state index in [-0.39, 0.29) is 30.9 Å². The predicted octanol–water partition coefficient (Wildman–Crippen LogP) is 2.55. The molecule has 1 aromatic heterocycles. The first kappa shape index (κ1) is 28.0. The van der Waals surface area contributed by atoms with Crippen molar-refractivity contribution >= 4 is 23.4 Å². The van der Waals surface area contributed by atoms with Crippen molar-refractivity contribution in [2.24, 2.45) is 5.41 Å². The molecule has 3 aliphatic rings. The fourth-order valence-electron chi connectivity index (χ4n) is 5.65. The third-order valence-corrected chi connectivity index (χ3v) is 8.15. The van der Waals surface area contributed by atoms with Crippen molar-refractivity contribution in [2.75, 3.05) is 33.3 Å². The lowest BCUT2D eigenvalue weighted by Crippen LogP contribution is -2.53. The van der Waals surface area contributed by atoms with E-state index in [0.29, 0.717) is 24.1 Å². The number of morpholine rings is 1. The number of β-amino-alcohol motifs (C(OH)–C–C–N with tert-alkyl or cyclic N) is 1. The lowest BCUT2D eigenvalue weighted by Gasteiger charge is -2.37. The van der Waals surface area contributed by atoms with E-state index in [1.54, 1.807) is 16.8 Å². The summed E-state index contributed by atoms with van der Waals surface area (Å²) in [7, 11) is 2.02. The molecular weight excluding hydrogens is 520 g/mol. The van der Waals surface area contributed by atoms with Crippen LogP contribution in [0, 0.1) is 5.41 Å². The van der Waals surface area contributed by atoms with Crippen LogP contribution in [0.3, 0.4) is 0 Å². The van der Waals surface area contributed by atoms with E-state index in [2.05, 4.69) is 20.5 Å². The number of likely N-dealkylation sites (N-methyl/N-ethyl adjacent to an activating group) is 1. The monoisotopic (exact) mass is 558 g/mol. The molecule has 2 saturated heterocycles. The number of nitrogens with zero attached hydrogens (tertiary/aromatic N) is 5. The van der Waals surface area contributed by atoms with Crippen molar-refractivity contribution in [1.29, 1.82) is 0 Å². The number of aliphatic hydroxyl groups is 1. The molecule has 11 heteroatoms. The minimum Gasteiger partial charge on any atom is -0.391 e. The summed E-state index contributed by atoms with van der Waals surface area (Å²) in [6, 6.07) is 5.42. The van der Waals surface area contributed by atoms with Crippen LogP contribution in [0.2, 0.25) is 5.02 Å². The molecule has 5 rings (SSSR count). The van der Waals surface area contributed by atoms with Crippen molar-refractivity contribution < 1.29 is 19.4 Å². The van der Waals surface area contributed by atoms with Gasteiger partial charge in [-0.2, -0.15) is 0 Å². The van der Waals surface area contributed by atoms with Gasteiger partial charge >= 0.3 is 0 Å². The molecule has 1 aliphatic carbocycles. The summed E-state index contributed by atoms with van der Waals surface area (Å²) >= 11 is 6.13. The molecule has 1 aromatic carbocycles. The number of hydrogen-bond acceptors (Lipinski definition) is 7. The first-order valence-electron chi connectivity index (χ1n) is 13.8. The zero-order chi connectivity index (χ0) is 27.9. The van der Waals surface area contributed by atoms with Gasteiger partial charge in [0, 0.05) is 43.2 Å². The van der Waals surface area contributed by atoms with Crippen LogP contribution in [0.5, 0.6) is 0 Å². The van der Waals surface area contributed by atoms with Crippen LogP contribution in [0.1, 0.15) is 69.3 Å². The first-order valence-corrected chi connectivity index (χ1v) is 14.2. The highest BCUT2D eigenvalue weighted by molar-refractivity contribution is 6.30. The number of rotatable bonds is 7. The number of likely N-dealkylation sites (tertiary alicyclic amines) is 1. The van der Waals surface area contributed by atoms with E-state index >= 15 is 0 Å². The Kier molecular flexibility index (Phi) is 8.01. The standard InChI is InChI=1S/C28H39ClN6O4/c1-28(2,3)25(35-15-21(31-32-35)17-5-6-17)27(38)34-14-20(36)13-22(34)26(37)30-24(18-7-9-19(29)10-8-18)23-16-33(4)11-12-39-23/h7-10,15,17,20,22-25,36H,5-6,11-14,16H2,1-4H3,(H,30,37)/t20-,22+,23?,24?,25-/m0/s1. The zero-order valence-electron chi connectivity index (χ0n) is 23.1. The van der Waals surface area contributed by atoms with Crippen molar-refractivity contribution in [2.45, 2.75) is 76.3 Å². The Morgan fingerprint density at radius 1 is 1.18 bits per heavy atom. The van der Waals surface area contributed by atoms with Crippen LogP contribution in [0.4, 0.5) is 0 Å². The second-order valence-electron chi connectivity index (χ2n) is 12.3. The number of aromatic nitrogens is 3. The maximum Gasteiger partial charge on any atom is 0.248 e. The van der Waals surface area contributed by atoms with Crippen molar-refractivity contribution in [3.63, 3.8) is 0 Å². The molecule has 5 atom stereocenters. The lowest BCUT2D eigenvalue weighted by atomic mass is 9.85. The molecule has 212 valence electrons. The van der Waals surface area contributed by atoms with E-state index in [4.69, 9.17) is 16.3 Å². The van der Waals surface area contributed by atoms with Crippen molar-refractivity contribution in [3.8, 4) is 0 Å². The molecule has 0 bridgehead atoms. The van der Waals surface area contributed by atoms with Crippen LogP contribution in [0.25, 0.3) is 0 Å². The topological polar surface area (TPSA) is 113 Å². The highest BCUT2D eigenvalue weighted by Gasteiger charge is 2.46. The lowest BCUT2D eigenvalue weighted by molar-refractivity contribution is -0.144. The maximum atomic E-state index is 14.1. The van der Waals surface area contributed by atoms with Crippen LogP contribution in [-0.4, -0.2) is 93.3 Å². The van der Waals surface area contributed by atoms with Gasteiger partial charge in [-0.15, -0.1) is 5.10 Å². The smallest absolute Gasteiger partial charge is 0.248 e. The molecule has 0 spiro atoms. The van der Waals surface area contributed by atoms with Gasteiger partial charge in [-0.05, 0) is 43.0 Å². The van der Waals surface area contributed by atoms with Gasteiger partial charge in [0.25, 0.3) is 0 Å². The molecule has 1 saturated carbocycles. The summed E-state index contributed by atoms with van der Waals surface area (Å²) in [5, 5.41) is 23.0. The summed E-state index contributed by atoms with van der Waals surface area (Å²) in [5.74, 6) is -0.155. The Morgan fingerprint density at radius 3 is 2.54 bits per heavy atom. The van der Waals surface area contributed by atoms with Crippen LogP contribution in [-0.2, 0) is 14.3 Å². The van der Waals surface area contributed by atoms with E-state index in [0.717, 1.165) is 30.6 Å². The van der Waals surface area contributed by atoms with Crippen LogP contribution >= 0.6 is 11.6 Å². The number of amides is 2. The first-order chi connectivity index (χ1) is 18.5. The number of carbonyl (C=O) groups is 2. The normalized spacial score (nSPS) is 25.9. The summed E-state index contributed by atoms with van der Waals surface area (Å²) in [6.07, 6.45) is 3.13. The van der Waals surface area contributed by atoms with Gasteiger partial charge in [-0.1, -0.05) is 49.7 Å². The summed E-state index contributed by atoms with van der Waals surface area (Å²) in [5.41, 5.74) is 1.27. The van der Waals surface area contributed by atoms with Gasteiger partial charge in [0.05, 0.1) is 30.6 Å². The Hall–Kier alpha value is -2.53. The number of halogens is 1. The van der Waals surface area contributed by atoms with Gasteiger partial charge in [0.15, 0.2) is 0 Å². The van der Waals surface area contributed by atoms with Crippen LogP contribution < -0.4 is 5.32 Å². The second-order valence-corrected chi connectivity index (χ2v) is 12.7. The average molecular weight is 559 g/mol. The summed E-state index contributed by atoms with van der Waals surface area (Å²) in [4.78, 5) is 31.6. The second kappa shape index (κ2) is 11.2. The van der Waals surface area contributed by atoms with E-state index in [1.807, 2.05) is 46.1 Å². The maximum absolute atomic E-state index is 14.1. The Labute approximate surface area is 234 Å². The Bertz CT molecular complexity index is 1180. The molecule has 2 amide bonds. The number of nitrogens with one attached hydrogen (secondary N) is 1. The molecule has 3 fully saturated rings. The molecular formula is C28H39ClN6O4. The molecule has 39 heavy (non-hydrogen) atoms. The fraction of sp³-hybridized carbons (Fsp3) is 0.643. The number of aliphatic hydroxyl groups excluding tert-OH is 1. The van der Waals surface area contributed by atoms with E-state index in [9.17, 15) is 14.7 Å². The van der Waals surface area contributed by atoms with Gasteiger partial charge in [0.2, 0.25) is 11.8 Å². The number of carbonyl (C=O) groups excluding carboxylic acids is 2. The van der Waals surface area contributed by atoms with Gasteiger partial charge in [-0.25, -0.2) is 4.68 Å². The molecule has 0 radical (unpaired) electrons. The van der Waals surface area contributed by atoms with Gasteiger partial charge in [-0.3, -0.25) is 9.59 Å². The molecule has 2 aromatic rings. The average Bonchev–Trinajstić information content (AvgIpc) is 3.49. The van der Waals surface area contributed by atoms with Gasteiger partial charge in [0.1, 0.15) is 12.1 Å². The SMILES string of the molecule is CN1CCOC(C(NC(=O)[C@H]2C[C@H](O)CN2C(=O)[C@H](n2cc(C3CC3)nn2)C(C)(C)C)c2ccc(Cl)cc2)C1. The quantitative estimate of drug-likeness (QED) is 0.537. The van der Waals surface area contributed by atoms with Crippen LogP contribution in [0.15, 0.2) is 30.5 Å². The zero-order valence-corrected chi connectivity index (χ0v) is 23.8. The van der Waals surface area contributed by atoms with E-state index < -0.39 is 29.6 Å². The highest BCUT2D eigenvalue weighted by atomic mass is 35.5. The Morgan fingerprint density at radius 2 is 1.90 bits per heavy atom. The van der Waals surface area contributed by atoms with E-state index in [1.165, 1.54) is 4.90 Å². The molecule has 2 unspecified atom stereocenters. The molecule has 3 heterocycles. The Balaban J connectivity index is 1.39. The van der Waals surface area contributed by atoms with Gasteiger partial charge < -0.3 is 25.0 Å². The summed E-state index contributed by atoms with van der Waals surface area (Å²) < 4.78 is 7.72. The number of ether oxygens (including phenoxy) is 1. The largest absolute Gasteiger partial charge is 0.391 e. The van der Waals surface area contributed by atoms with Crippen molar-refractivity contribution in [1.82, 2.24) is 30.1 Å². The third-order valence-electron chi connectivity index (χ3n) is 7.90. The minimum absolute atomic E-state index is 0.0853. The fourth-order valence-corrected chi connectivity index (χ4v) is 5.78. The molecule has 10 nitrogen and oxygen atoms in total. The minimum atomic E-state index is -0.820. The van der Waals surface area contributed by atoms with Crippen molar-refractivity contribution in [3.05, 3.63) is 46.7 Å². The molecule has 2 aliphatic heterocycles. The molecule has 2 N–H and O–H groups in total. The highest BCUT2D eigenvalue weighted by Crippen LogP contribution is 2.40. The predicted molar refractivity (Wildman–Crippen MR) is 146 cm³/mol.